The van der Waals surface area contributed by atoms with E-state index >= 15 is 0 Å². The number of carbonyl (C=O) groups is 1. The van der Waals surface area contributed by atoms with Crippen LogP contribution < -0.4 is 0 Å². The molecule has 0 aliphatic carbocycles. The molecule has 0 spiro atoms. The van der Waals surface area contributed by atoms with Crippen molar-refractivity contribution in [1.29, 1.82) is 0 Å². The van der Waals surface area contributed by atoms with Gasteiger partial charge >= 0.3 is 0 Å². The summed E-state index contributed by atoms with van der Waals surface area (Å²) in [6.07, 6.45) is 4.27. The van der Waals surface area contributed by atoms with Gasteiger partial charge in [-0.25, -0.2) is 0 Å². The summed E-state index contributed by atoms with van der Waals surface area (Å²) in [5.74, 6) is 0.539. The third kappa shape index (κ3) is 2.58. The molecule has 4 saturated heterocycles. The second-order valence-electron chi connectivity index (χ2n) is 8.24. The monoisotopic (exact) mass is 380 g/mol. The highest BCUT2D eigenvalue weighted by molar-refractivity contribution is 6.35. The summed E-state index contributed by atoms with van der Waals surface area (Å²) in [5.41, 5.74) is 0.752. The first-order chi connectivity index (χ1) is 11.9. The Balaban J connectivity index is 1.75. The molecule has 1 aromatic carbocycles. The van der Waals surface area contributed by atoms with E-state index in [0.29, 0.717) is 10.8 Å². The molecule has 0 aromatic heterocycles. The Hall–Kier alpha value is -0.610. The fraction of sp³-hybridized carbons (Fsp3) is 0.650. The first-order valence-corrected chi connectivity index (χ1v) is 10.2. The normalized spacial score (nSPS) is 39.2. The molecule has 0 amide bonds. The molecule has 0 atom stereocenters. The fourth-order valence-corrected chi connectivity index (χ4v) is 6.30. The minimum atomic E-state index is -0.185. The van der Waals surface area contributed by atoms with Gasteiger partial charge in [0.1, 0.15) is 5.78 Å². The van der Waals surface area contributed by atoms with Crippen LogP contribution in [0.15, 0.2) is 18.2 Å². The first kappa shape index (κ1) is 17.8. The molecular formula is C20H26Cl2N2O. The minimum Gasteiger partial charge on any atom is -0.298 e. The van der Waals surface area contributed by atoms with E-state index in [-0.39, 0.29) is 17.0 Å². The van der Waals surface area contributed by atoms with Gasteiger partial charge in [0.2, 0.25) is 0 Å². The minimum absolute atomic E-state index is 0.174. The third-order valence-electron chi connectivity index (χ3n) is 6.38. The fourth-order valence-electron chi connectivity index (χ4n) is 5.80. The van der Waals surface area contributed by atoms with Crippen LogP contribution in [-0.4, -0.2) is 41.8 Å². The van der Waals surface area contributed by atoms with E-state index in [1.54, 1.807) is 0 Å². The number of hydrogen-bond donors (Lipinski definition) is 0. The molecule has 25 heavy (non-hydrogen) atoms. The van der Waals surface area contributed by atoms with E-state index in [2.05, 4.69) is 29.7 Å². The molecule has 4 aliphatic heterocycles. The number of carbonyl (C=O) groups excluding carboxylic acids is 1. The average molecular weight is 381 g/mol. The van der Waals surface area contributed by atoms with Crippen LogP contribution in [0.4, 0.5) is 0 Å². The van der Waals surface area contributed by atoms with Crippen molar-refractivity contribution in [2.24, 2.45) is 10.8 Å². The van der Waals surface area contributed by atoms with Gasteiger partial charge in [-0.3, -0.25) is 14.6 Å². The summed E-state index contributed by atoms with van der Waals surface area (Å²) in [4.78, 5) is 18.5. The first-order valence-electron chi connectivity index (χ1n) is 9.43. The third-order valence-corrected chi connectivity index (χ3v) is 6.94. The van der Waals surface area contributed by atoms with Crippen molar-refractivity contribution in [3.63, 3.8) is 0 Å². The molecule has 136 valence electrons. The zero-order valence-electron chi connectivity index (χ0n) is 15.0. The Morgan fingerprint density at radius 2 is 1.52 bits per heavy atom. The number of hydrogen-bond acceptors (Lipinski definition) is 3. The van der Waals surface area contributed by atoms with E-state index < -0.39 is 0 Å². The van der Waals surface area contributed by atoms with E-state index in [1.165, 1.54) is 0 Å². The molecule has 1 aromatic rings. The van der Waals surface area contributed by atoms with E-state index in [1.807, 2.05) is 12.1 Å². The number of halogens is 2. The molecule has 0 radical (unpaired) electrons. The lowest BCUT2D eigenvalue weighted by atomic mass is 9.57. The van der Waals surface area contributed by atoms with Gasteiger partial charge in [0.15, 0.2) is 0 Å². The molecule has 5 rings (SSSR count). The molecular weight excluding hydrogens is 355 g/mol. The summed E-state index contributed by atoms with van der Waals surface area (Å²) >= 11 is 12.6. The van der Waals surface area contributed by atoms with Gasteiger partial charge in [-0.2, -0.15) is 0 Å². The predicted molar refractivity (Wildman–Crippen MR) is 102 cm³/mol. The molecule has 4 heterocycles. The smallest absolute Gasteiger partial charge is 0.150 e. The van der Waals surface area contributed by atoms with Crippen LogP contribution >= 0.6 is 23.2 Å². The molecule has 4 bridgehead atoms. The summed E-state index contributed by atoms with van der Waals surface area (Å²) in [5, 5.41) is 1.40. The Labute approximate surface area is 160 Å². The van der Waals surface area contributed by atoms with E-state index in [0.717, 1.165) is 62.4 Å². The van der Waals surface area contributed by atoms with Gasteiger partial charge in [0.05, 0.1) is 17.0 Å². The highest BCUT2D eigenvalue weighted by Crippen LogP contribution is 2.56. The molecule has 4 aliphatic rings. The number of ketones is 1. The van der Waals surface area contributed by atoms with Crippen molar-refractivity contribution in [3.05, 3.63) is 33.8 Å². The van der Waals surface area contributed by atoms with Crippen molar-refractivity contribution in [1.82, 2.24) is 9.80 Å². The van der Waals surface area contributed by atoms with Crippen LogP contribution in [0.5, 0.6) is 0 Å². The van der Waals surface area contributed by atoms with Crippen LogP contribution in [0.3, 0.4) is 0 Å². The van der Waals surface area contributed by atoms with Crippen LogP contribution in [0, 0.1) is 10.8 Å². The summed E-state index contributed by atoms with van der Waals surface area (Å²) in [7, 11) is 0. The largest absolute Gasteiger partial charge is 0.298 e. The van der Waals surface area contributed by atoms with Crippen LogP contribution in [0.25, 0.3) is 0 Å². The van der Waals surface area contributed by atoms with Crippen molar-refractivity contribution in [2.45, 2.75) is 45.7 Å². The van der Waals surface area contributed by atoms with Crippen molar-refractivity contribution in [2.75, 3.05) is 26.2 Å². The molecule has 3 nitrogen and oxygen atoms in total. The number of Topliss-reactive ketones (excluding diaryl/α,β-unsaturated/α-hetero) is 1. The van der Waals surface area contributed by atoms with Gasteiger partial charge in [0.25, 0.3) is 0 Å². The summed E-state index contributed by atoms with van der Waals surface area (Å²) in [6.45, 7) is 7.85. The van der Waals surface area contributed by atoms with Crippen molar-refractivity contribution in [3.8, 4) is 0 Å². The highest BCUT2D eigenvalue weighted by Gasteiger charge is 2.64. The lowest BCUT2D eigenvalue weighted by molar-refractivity contribution is -0.205. The van der Waals surface area contributed by atoms with Gasteiger partial charge < -0.3 is 0 Å². The SMILES string of the molecule is CCCC12CN3CC(CCC)(CN(C1)C3c1ccc(Cl)cc1Cl)C2=O. The Morgan fingerprint density at radius 1 is 1.00 bits per heavy atom. The van der Waals surface area contributed by atoms with Crippen LogP contribution in [0.2, 0.25) is 10.0 Å². The number of nitrogens with zero attached hydrogens (tertiary/aromatic N) is 2. The second-order valence-corrected chi connectivity index (χ2v) is 9.08. The predicted octanol–water partition coefficient (Wildman–Crippen LogP) is 4.78. The van der Waals surface area contributed by atoms with Gasteiger partial charge in [-0.05, 0) is 25.0 Å². The maximum atomic E-state index is 13.5. The molecule has 4 fully saturated rings. The Morgan fingerprint density at radius 3 is 1.96 bits per heavy atom. The summed E-state index contributed by atoms with van der Waals surface area (Å²) < 4.78 is 0. The zero-order chi connectivity index (χ0) is 17.8. The van der Waals surface area contributed by atoms with Gasteiger partial charge in [-0.1, -0.05) is 56.0 Å². The lowest BCUT2D eigenvalue weighted by Crippen LogP contribution is -2.76. The second kappa shape index (κ2) is 6.23. The van der Waals surface area contributed by atoms with Crippen LogP contribution in [0.1, 0.15) is 51.3 Å². The lowest BCUT2D eigenvalue weighted by Gasteiger charge is -2.66. The topological polar surface area (TPSA) is 23.6 Å². The Kier molecular flexibility index (Phi) is 4.43. The number of piperidine rings is 2. The Bertz CT molecular complexity index is 661. The van der Waals surface area contributed by atoms with E-state index in [9.17, 15) is 4.79 Å². The van der Waals surface area contributed by atoms with Gasteiger partial charge in [-0.15, -0.1) is 0 Å². The van der Waals surface area contributed by atoms with Crippen molar-refractivity contribution < 1.29 is 4.79 Å². The molecule has 0 unspecified atom stereocenters. The maximum Gasteiger partial charge on any atom is 0.150 e. The van der Waals surface area contributed by atoms with E-state index in [4.69, 9.17) is 23.2 Å². The van der Waals surface area contributed by atoms with Gasteiger partial charge in [0, 0.05) is 41.8 Å². The highest BCUT2D eigenvalue weighted by atomic mass is 35.5. The average Bonchev–Trinajstić information content (AvgIpc) is 2.53. The standard InChI is InChI=1S/C20H26Cl2N2O/c1-3-7-19-10-23-12-20(8-4-2,18(19)25)13-24(11-19)17(23)15-6-5-14(21)9-16(15)22/h5-6,9,17H,3-4,7-8,10-13H2,1-2H3. The molecule has 5 heteroatoms. The van der Waals surface area contributed by atoms with Crippen LogP contribution in [-0.2, 0) is 4.79 Å². The number of benzene rings is 1. The summed E-state index contributed by atoms with van der Waals surface area (Å²) in [6, 6.07) is 5.81. The zero-order valence-corrected chi connectivity index (χ0v) is 16.5. The maximum absolute atomic E-state index is 13.5. The quantitative estimate of drug-likeness (QED) is 0.734. The molecule has 0 N–H and O–H groups in total. The molecule has 0 saturated carbocycles. The number of rotatable bonds is 5. The van der Waals surface area contributed by atoms with Crippen molar-refractivity contribution >= 4 is 29.0 Å².